The molecule has 0 heterocycles. The molecule has 0 aliphatic rings. The van der Waals surface area contributed by atoms with Gasteiger partial charge in [-0.15, -0.1) is 0 Å². The van der Waals surface area contributed by atoms with Crippen LogP contribution in [0.1, 0.15) is 24.2 Å². The Bertz CT molecular complexity index is 1450. The molecule has 0 saturated heterocycles. The van der Waals surface area contributed by atoms with Crippen LogP contribution >= 0.6 is 45.2 Å². The summed E-state index contributed by atoms with van der Waals surface area (Å²) in [5, 5.41) is 0. The molecule has 0 spiro atoms. The largest absolute Gasteiger partial charge is 0.744 e. The first-order valence-corrected chi connectivity index (χ1v) is 15.9. The number of esters is 2. The van der Waals surface area contributed by atoms with Crippen molar-refractivity contribution in [2.24, 2.45) is 5.92 Å². The van der Waals surface area contributed by atoms with Gasteiger partial charge in [-0.25, -0.2) is 31.3 Å². The second-order valence-electron chi connectivity index (χ2n) is 8.04. The maximum Gasteiger partial charge on any atom is 0.408 e. The molecule has 0 aliphatic carbocycles. The molecule has 0 aliphatic heterocycles. The zero-order chi connectivity index (χ0) is 29.8. The lowest BCUT2D eigenvalue weighted by Gasteiger charge is -2.28. The van der Waals surface area contributed by atoms with Crippen molar-refractivity contribution in [1.29, 1.82) is 0 Å². The van der Waals surface area contributed by atoms with Crippen LogP contribution in [0.2, 0.25) is 0 Å². The van der Waals surface area contributed by atoms with E-state index in [0.717, 1.165) is 12.1 Å². The Morgan fingerprint density at radius 3 is 2.21 bits per heavy atom. The van der Waals surface area contributed by atoms with E-state index in [1.54, 1.807) is 45.2 Å². The Morgan fingerprint density at radius 2 is 1.69 bits per heavy atom. The van der Waals surface area contributed by atoms with Gasteiger partial charge in [0.15, 0.2) is 12.7 Å². The first-order chi connectivity index (χ1) is 17.8. The highest BCUT2D eigenvalue weighted by Gasteiger charge is 2.47. The highest BCUT2D eigenvalue weighted by Crippen LogP contribution is 2.30. The van der Waals surface area contributed by atoms with Crippen molar-refractivity contribution in [2.45, 2.75) is 31.0 Å². The Morgan fingerprint density at radius 1 is 1.05 bits per heavy atom. The topological polar surface area (TPSA) is 174 Å². The van der Waals surface area contributed by atoms with Gasteiger partial charge >= 0.3 is 18.0 Å². The third kappa shape index (κ3) is 10.3. The van der Waals surface area contributed by atoms with Crippen LogP contribution in [0.5, 0.6) is 11.5 Å². The summed E-state index contributed by atoms with van der Waals surface area (Å²) in [6.45, 7) is 2.03. The van der Waals surface area contributed by atoms with Gasteiger partial charge < -0.3 is 18.8 Å². The monoisotopic (exact) mass is 818 g/mol. The number of ether oxygens (including phenoxy) is 3. The smallest absolute Gasteiger partial charge is 0.408 e. The SMILES string of the molecule is CC(C)C(OC(=O)c1ccc(OC(=O)COc2ccc(S(=O)(=O)[O-])c(I)c2)c(I)c1)C(F)(F)ONS(C)(=O)=O. The number of benzene rings is 2. The lowest BCUT2D eigenvalue weighted by molar-refractivity contribution is -0.309. The molecule has 2 rings (SSSR count). The zero-order valence-corrected chi connectivity index (χ0v) is 26.1. The third-order valence-electron chi connectivity index (χ3n) is 4.42. The number of sulfonamides is 1. The molecular weight excluding hydrogens is 798 g/mol. The minimum absolute atomic E-state index is 0.00884. The first-order valence-electron chi connectivity index (χ1n) is 10.4. The molecule has 0 fully saturated rings. The van der Waals surface area contributed by atoms with Crippen LogP contribution in [0.15, 0.2) is 41.3 Å². The molecule has 1 atom stereocenters. The second-order valence-corrected chi connectivity index (χ2v) is 13.4. The van der Waals surface area contributed by atoms with E-state index >= 15 is 0 Å². The Labute approximate surface area is 249 Å². The fourth-order valence-electron chi connectivity index (χ4n) is 2.74. The standard InChI is InChI=1S/C21H21F2I2NO11S2/c1-11(2)19(21(22,23)37-26-38(3,29)30)36-20(28)12-4-6-16(14(24)8-12)35-18(27)10-34-13-5-7-17(15(25)9-13)39(31,32)33/h4-9,11,19,26H,10H2,1-3H3,(H,31,32,33)/p-1. The molecule has 0 aromatic heterocycles. The van der Waals surface area contributed by atoms with Crippen LogP contribution in [-0.2, 0) is 34.5 Å². The van der Waals surface area contributed by atoms with Crippen LogP contribution in [0.4, 0.5) is 8.78 Å². The van der Waals surface area contributed by atoms with Crippen LogP contribution in [0, 0.1) is 13.1 Å². The van der Waals surface area contributed by atoms with Crippen LogP contribution in [0.25, 0.3) is 0 Å². The molecule has 2 aromatic rings. The fraction of sp³-hybridized carbons (Fsp3) is 0.333. The summed E-state index contributed by atoms with van der Waals surface area (Å²) in [5.41, 5.74) is -0.170. The van der Waals surface area contributed by atoms with Gasteiger partial charge in [0.2, 0.25) is 10.0 Å². The Balaban J connectivity index is 2.05. The van der Waals surface area contributed by atoms with E-state index < -0.39 is 61.7 Å². The van der Waals surface area contributed by atoms with E-state index in [0.29, 0.717) is 6.26 Å². The number of nitrogens with one attached hydrogen (secondary N) is 1. The summed E-state index contributed by atoms with van der Waals surface area (Å²) in [5.74, 6) is -2.91. The summed E-state index contributed by atoms with van der Waals surface area (Å²) >= 11 is 3.36. The van der Waals surface area contributed by atoms with Gasteiger partial charge in [0.1, 0.15) is 21.6 Å². The molecule has 0 bridgehead atoms. The average Bonchev–Trinajstić information content (AvgIpc) is 2.79. The maximum atomic E-state index is 14.4. The number of alkyl halides is 2. The van der Waals surface area contributed by atoms with Gasteiger partial charge in [-0.3, -0.25) is 0 Å². The van der Waals surface area contributed by atoms with Gasteiger partial charge in [-0.2, -0.15) is 8.78 Å². The number of carbonyl (C=O) groups excluding carboxylic acids is 2. The molecule has 0 radical (unpaired) electrons. The molecule has 12 nitrogen and oxygen atoms in total. The molecule has 18 heteroatoms. The number of hydrogen-bond acceptors (Lipinski definition) is 11. The molecule has 0 saturated carbocycles. The summed E-state index contributed by atoms with van der Waals surface area (Å²) < 4.78 is 100. The van der Waals surface area contributed by atoms with Crippen molar-refractivity contribution in [1.82, 2.24) is 4.89 Å². The van der Waals surface area contributed by atoms with E-state index in [9.17, 15) is 39.8 Å². The lowest BCUT2D eigenvalue weighted by Crippen LogP contribution is -2.47. The fourth-order valence-corrected chi connectivity index (χ4v) is 5.46. The summed E-state index contributed by atoms with van der Waals surface area (Å²) in [6, 6.07) is 7.07. The summed E-state index contributed by atoms with van der Waals surface area (Å²) in [6.07, 6.45) is -5.75. The van der Waals surface area contributed by atoms with Crippen molar-refractivity contribution in [2.75, 3.05) is 12.9 Å². The number of rotatable bonds is 12. The quantitative estimate of drug-likeness (QED) is 0.110. The van der Waals surface area contributed by atoms with Crippen LogP contribution in [0.3, 0.4) is 0 Å². The van der Waals surface area contributed by atoms with Gasteiger partial charge in [0, 0.05) is 3.57 Å². The van der Waals surface area contributed by atoms with Crippen molar-refractivity contribution in [3.8, 4) is 11.5 Å². The normalized spacial score (nSPS) is 13.2. The highest BCUT2D eigenvalue weighted by atomic mass is 127. The van der Waals surface area contributed by atoms with Gasteiger partial charge in [0.25, 0.3) is 0 Å². The molecule has 1 N–H and O–H groups in total. The Kier molecular flexibility index (Phi) is 11.4. The van der Waals surface area contributed by atoms with E-state index in [4.69, 9.17) is 14.2 Å². The predicted molar refractivity (Wildman–Crippen MR) is 145 cm³/mol. The van der Waals surface area contributed by atoms with E-state index in [-0.39, 0.29) is 24.2 Å². The first kappa shape index (κ1) is 33.5. The van der Waals surface area contributed by atoms with E-state index in [1.807, 2.05) is 0 Å². The van der Waals surface area contributed by atoms with Crippen LogP contribution in [-0.4, -0.2) is 58.4 Å². The van der Waals surface area contributed by atoms with Crippen molar-refractivity contribution < 1.29 is 58.8 Å². The van der Waals surface area contributed by atoms with Crippen molar-refractivity contribution >= 4 is 77.3 Å². The summed E-state index contributed by atoms with van der Waals surface area (Å²) in [4.78, 5) is 29.5. The van der Waals surface area contributed by atoms with E-state index in [1.165, 1.54) is 43.0 Å². The van der Waals surface area contributed by atoms with Crippen molar-refractivity contribution in [3.05, 3.63) is 49.1 Å². The van der Waals surface area contributed by atoms with Crippen molar-refractivity contribution in [3.63, 3.8) is 0 Å². The van der Waals surface area contributed by atoms with Crippen LogP contribution < -0.4 is 14.4 Å². The van der Waals surface area contributed by atoms with Gasteiger partial charge in [-0.1, -0.05) is 18.7 Å². The number of halogens is 4. The average molecular weight is 818 g/mol. The van der Waals surface area contributed by atoms with E-state index in [2.05, 4.69) is 4.84 Å². The molecule has 2 aromatic carbocycles. The molecular formula is C21H20F2I2NO11S2-. The predicted octanol–water partition coefficient (Wildman–Crippen LogP) is 3.04. The second kappa shape index (κ2) is 13.3. The molecule has 0 amide bonds. The minimum Gasteiger partial charge on any atom is -0.744 e. The van der Waals surface area contributed by atoms with Gasteiger partial charge in [0.05, 0.1) is 20.3 Å². The van der Waals surface area contributed by atoms with Gasteiger partial charge in [-0.05, 0) is 87.5 Å². The maximum absolute atomic E-state index is 14.4. The third-order valence-corrected chi connectivity index (χ3v) is 7.80. The highest BCUT2D eigenvalue weighted by molar-refractivity contribution is 14.1. The summed E-state index contributed by atoms with van der Waals surface area (Å²) in [7, 11) is -8.79. The number of carbonyl (C=O) groups is 2. The molecule has 1 unspecified atom stereocenters. The molecule has 216 valence electrons. The molecule has 39 heavy (non-hydrogen) atoms. The minimum atomic E-state index is -4.67. The number of hydrogen-bond donors (Lipinski definition) is 1. The zero-order valence-electron chi connectivity index (χ0n) is 20.1. The lowest BCUT2D eigenvalue weighted by atomic mass is 10.1. The Hall–Kier alpha value is -1.72.